The van der Waals surface area contributed by atoms with Crippen LogP contribution in [0.1, 0.15) is 39.5 Å². The van der Waals surface area contributed by atoms with E-state index in [-0.39, 0.29) is 6.10 Å². The maximum absolute atomic E-state index is 6.21. The van der Waals surface area contributed by atoms with Crippen molar-refractivity contribution >= 4 is 23.1 Å². The van der Waals surface area contributed by atoms with E-state index < -0.39 is 0 Å². The minimum atomic E-state index is 0.139. The van der Waals surface area contributed by atoms with Gasteiger partial charge in [-0.25, -0.2) is 0 Å². The molecule has 2 rings (SSSR count). The molecule has 0 bridgehead atoms. The summed E-state index contributed by atoms with van der Waals surface area (Å²) in [5.74, 6) is 0.773. The SMILES string of the molecule is CSC1(CNc2cccc(OC(C)C)c2N)CCCC1. The molecule has 0 saturated heterocycles. The van der Waals surface area contributed by atoms with E-state index in [2.05, 4.69) is 11.6 Å². The highest BCUT2D eigenvalue weighted by molar-refractivity contribution is 8.00. The molecular weight excluding hydrogens is 268 g/mol. The Morgan fingerprint density at radius 2 is 2.05 bits per heavy atom. The summed E-state index contributed by atoms with van der Waals surface area (Å²) in [5, 5.41) is 3.53. The average molecular weight is 294 g/mol. The van der Waals surface area contributed by atoms with Crippen molar-refractivity contribution in [1.29, 1.82) is 0 Å². The molecule has 1 aliphatic carbocycles. The van der Waals surface area contributed by atoms with Gasteiger partial charge in [0.1, 0.15) is 5.75 Å². The quantitative estimate of drug-likeness (QED) is 0.774. The molecular formula is C16H26N2OS. The summed E-state index contributed by atoms with van der Waals surface area (Å²) in [6, 6.07) is 5.96. The third-order valence-electron chi connectivity index (χ3n) is 3.98. The molecule has 0 atom stereocenters. The summed E-state index contributed by atoms with van der Waals surface area (Å²) >= 11 is 1.99. The summed E-state index contributed by atoms with van der Waals surface area (Å²) in [7, 11) is 0. The van der Waals surface area contributed by atoms with E-state index in [9.17, 15) is 0 Å². The number of rotatable bonds is 6. The summed E-state index contributed by atoms with van der Waals surface area (Å²) in [6.07, 6.45) is 7.63. The highest BCUT2D eigenvalue weighted by atomic mass is 32.2. The monoisotopic (exact) mass is 294 g/mol. The molecule has 0 unspecified atom stereocenters. The number of thioether (sulfide) groups is 1. The van der Waals surface area contributed by atoms with Gasteiger partial charge in [0.2, 0.25) is 0 Å². The molecule has 1 aliphatic rings. The van der Waals surface area contributed by atoms with Gasteiger partial charge in [0.25, 0.3) is 0 Å². The first-order chi connectivity index (χ1) is 9.56. The van der Waals surface area contributed by atoms with Crippen molar-refractivity contribution in [2.24, 2.45) is 0 Å². The fourth-order valence-electron chi connectivity index (χ4n) is 2.78. The molecule has 0 amide bonds. The standard InChI is InChI=1S/C16H26N2OS/c1-12(2)19-14-8-6-7-13(15(14)17)18-11-16(20-3)9-4-5-10-16/h6-8,12,18H,4-5,9-11,17H2,1-3H3. The van der Waals surface area contributed by atoms with E-state index >= 15 is 0 Å². The molecule has 4 heteroatoms. The number of ether oxygens (including phenoxy) is 1. The van der Waals surface area contributed by atoms with Gasteiger partial charge in [-0.05, 0) is 45.1 Å². The van der Waals surface area contributed by atoms with Crippen LogP contribution >= 0.6 is 11.8 Å². The van der Waals surface area contributed by atoms with Crippen molar-refractivity contribution in [1.82, 2.24) is 0 Å². The van der Waals surface area contributed by atoms with Gasteiger partial charge in [-0.3, -0.25) is 0 Å². The Kier molecular flexibility index (Phi) is 5.08. The van der Waals surface area contributed by atoms with Gasteiger partial charge < -0.3 is 15.8 Å². The van der Waals surface area contributed by atoms with Crippen LogP contribution in [0.2, 0.25) is 0 Å². The minimum absolute atomic E-state index is 0.139. The Balaban J connectivity index is 2.06. The van der Waals surface area contributed by atoms with E-state index in [1.807, 2.05) is 43.8 Å². The molecule has 1 aromatic carbocycles. The maximum Gasteiger partial charge on any atom is 0.144 e. The van der Waals surface area contributed by atoms with Gasteiger partial charge >= 0.3 is 0 Å². The predicted molar refractivity (Wildman–Crippen MR) is 89.8 cm³/mol. The van der Waals surface area contributed by atoms with Gasteiger partial charge in [-0.15, -0.1) is 0 Å². The third-order valence-corrected chi connectivity index (χ3v) is 5.40. The van der Waals surface area contributed by atoms with Crippen LogP contribution in [0.3, 0.4) is 0 Å². The third kappa shape index (κ3) is 3.54. The van der Waals surface area contributed by atoms with Crippen LogP contribution in [-0.2, 0) is 0 Å². The van der Waals surface area contributed by atoms with Crippen LogP contribution in [0.5, 0.6) is 5.75 Å². The summed E-state index contributed by atoms with van der Waals surface area (Å²) in [4.78, 5) is 0. The molecule has 0 aromatic heterocycles. The Labute approximate surface area is 126 Å². The Morgan fingerprint density at radius 3 is 2.65 bits per heavy atom. The van der Waals surface area contributed by atoms with Crippen LogP contribution in [0.4, 0.5) is 11.4 Å². The lowest BCUT2D eigenvalue weighted by Crippen LogP contribution is -2.30. The summed E-state index contributed by atoms with van der Waals surface area (Å²) in [5.41, 5.74) is 7.91. The van der Waals surface area contributed by atoms with Crippen molar-refractivity contribution < 1.29 is 4.74 Å². The van der Waals surface area contributed by atoms with E-state index in [1.165, 1.54) is 25.7 Å². The minimum Gasteiger partial charge on any atom is -0.489 e. The van der Waals surface area contributed by atoms with E-state index in [4.69, 9.17) is 10.5 Å². The van der Waals surface area contributed by atoms with Gasteiger partial charge in [0.15, 0.2) is 0 Å². The van der Waals surface area contributed by atoms with Gasteiger partial charge in [-0.2, -0.15) is 11.8 Å². The maximum atomic E-state index is 6.21. The zero-order chi connectivity index (χ0) is 14.6. The molecule has 20 heavy (non-hydrogen) atoms. The van der Waals surface area contributed by atoms with E-state index in [1.54, 1.807) is 0 Å². The predicted octanol–water partition coefficient (Wildman–Crippen LogP) is 4.14. The fraction of sp³-hybridized carbons (Fsp3) is 0.625. The second-order valence-electron chi connectivity index (χ2n) is 5.83. The van der Waals surface area contributed by atoms with Crippen LogP contribution in [0.25, 0.3) is 0 Å². The molecule has 3 nitrogen and oxygen atoms in total. The normalized spacial score (nSPS) is 17.4. The van der Waals surface area contributed by atoms with Crippen molar-refractivity contribution in [3.8, 4) is 5.75 Å². The zero-order valence-corrected chi connectivity index (χ0v) is 13.6. The second-order valence-corrected chi connectivity index (χ2v) is 7.11. The van der Waals surface area contributed by atoms with Crippen LogP contribution in [-0.4, -0.2) is 23.7 Å². The molecule has 3 N–H and O–H groups in total. The number of nitrogens with two attached hydrogens (primary N) is 1. The van der Waals surface area contributed by atoms with Crippen molar-refractivity contribution in [3.63, 3.8) is 0 Å². The molecule has 1 saturated carbocycles. The summed E-state index contributed by atoms with van der Waals surface area (Å²) < 4.78 is 6.12. The zero-order valence-electron chi connectivity index (χ0n) is 12.7. The molecule has 0 spiro atoms. The Hall–Kier alpha value is -1.03. The first-order valence-electron chi connectivity index (χ1n) is 7.40. The van der Waals surface area contributed by atoms with Gasteiger partial charge in [-0.1, -0.05) is 18.9 Å². The van der Waals surface area contributed by atoms with Crippen LogP contribution in [0, 0.1) is 0 Å². The summed E-state index contributed by atoms with van der Waals surface area (Å²) in [6.45, 7) is 5.01. The topological polar surface area (TPSA) is 47.3 Å². The van der Waals surface area contributed by atoms with Gasteiger partial charge in [0.05, 0.1) is 17.5 Å². The smallest absolute Gasteiger partial charge is 0.144 e. The lowest BCUT2D eigenvalue weighted by Gasteiger charge is -2.28. The van der Waals surface area contributed by atoms with Crippen molar-refractivity contribution in [2.75, 3.05) is 23.9 Å². The number of nitrogens with one attached hydrogen (secondary N) is 1. The first-order valence-corrected chi connectivity index (χ1v) is 8.63. The highest BCUT2D eigenvalue weighted by Gasteiger charge is 2.32. The van der Waals surface area contributed by atoms with Crippen molar-refractivity contribution in [2.45, 2.75) is 50.4 Å². The lowest BCUT2D eigenvalue weighted by molar-refractivity contribution is 0.244. The number of anilines is 2. The molecule has 0 radical (unpaired) electrons. The molecule has 1 aromatic rings. The Bertz CT molecular complexity index is 442. The second kappa shape index (κ2) is 6.61. The van der Waals surface area contributed by atoms with E-state index in [0.29, 0.717) is 4.75 Å². The number of nitrogen functional groups attached to an aromatic ring is 1. The highest BCUT2D eigenvalue weighted by Crippen LogP contribution is 2.41. The number of hydrogen-bond donors (Lipinski definition) is 2. The average Bonchev–Trinajstić information content (AvgIpc) is 2.89. The Morgan fingerprint density at radius 1 is 1.35 bits per heavy atom. The van der Waals surface area contributed by atoms with E-state index in [0.717, 1.165) is 23.7 Å². The van der Waals surface area contributed by atoms with Crippen molar-refractivity contribution in [3.05, 3.63) is 18.2 Å². The first kappa shape index (κ1) is 15.4. The molecule has 1 fully saturated rings. The number of hydrogen-bond acceptors (Lipinski definition) is 4. The number of benzene rings is 1. The van der Waals surface area contributed by atoms with Crippen LogP contribution < -0.4 is 15.8 Å². The molecule has 0 aliphatic heterocycles. The fourth-order valence-corrected chi connectivity index (χ4v) is 3.70. The number of para-hydroxylation sites is 1. The van der Waals surface area contributed by atoms with Gasteiger partial charge in [0, 0.05) is 11.3 Å². The molecule has 112 valence electrons. The molecule has 0 heterocycles. The van der Waals surface area contributed by atoms with Crippen LogP contribution in [0.15, 0.2) is 18.2 Å². The largest absolute Gasteiger partial charge is 0.489 e. The lowest BCUT2D eigenvalue weighted by atomic mass is 10.1.